The van der Waals surface area contributed by atoms with Crippen LogP contribution in [-0.2, 0) is 0 Å². The molecular formula is C21H18FNO. The summed E-state index contributed by atoms with van der Waals surface area (Å²) in [4.78, 5) is 4.35. The molecule has 0 unspecified atom stereocenters. The van der Waals surface area contributed by atoms with Crippen LogP contribution in [0, 0.1) is 12.7 Å². The van der Waals surface area contributed by atoms with Crippen molar-refractivity contribution in [1.29, 1.82) is 0 Å². The Labute approximate surface area is 145 Å². The van der Waals surface area contributed by atoms with E-state index in [0.29, 0.717) is 28.0 Å². The number of aryl methyl sites for hydroxylation is 1. The molecule has 0 saturated heterocycles. The van der Waals surface area contributed by atoms with Crippen molar-refractivity contribution in [3.05, 3.63) is 65.6 Å². The third-order valence-corrected chi connectivity index (χ3v) is 4.18. The largest absolute Gasteiger partial charge is 0.455 e. The van der Waals surface area contributed by atoms with Crippen LogP contribution in [0.3, 0.4) is 0 Å². The molecule has 0 aliphatic rings. The lowest BCUT2D eigenvalue weighted by molar-refractivity contribution is 0.618. The van der Waals surface area contributed by atoms with Crippen LogP contribution in [0.15, 0.2) is 53.1 Å². The summed E-state index contributed by atoms with van der Waals surface area (Å²) in [6, 6.07) is 11.6. The van der Waals surface area contributed by atoms with Crippen LogP contribution < -0.4 is 0 Å². The SMILES string of the molecule is [2H]C([2H])([2H])c1cnc(-c2cccc3c2oc2cc(F)ccc23)cc1C([2H])(C)C. The van der Waals surface area contributed by atoms with Gasteiger partial charge >= 0.3 is 0 Å². The van der Waals surface area contributed by atoms with Gasteiger partial charge in [-0.1, -0.05) is 26.0 Å². The van der Waals surface area contributed by atoms with E-state index in [1.165, 1.54) is 18.3 Å². The van der Waals surface area contributed by atoms with E-state index < -0.39 is 12.7 Å². The first-order chi connectivity index (χ1) is 13.1. The number of para-hydroxylation sites is 1. The van der Waals surface area contributed by atoms with Crippen molar-refractivity contribution in [2.45, 2.75) is 26.6 Å². The molecule has 0 radical (unpaired) electrons. The molecule has 120 valence electrons. The van der Waals surface area contributed by atoms with Gasteiger partial charge in [0.25, 0.3) is 0 Å². The van der Waals surface area contributed by atoms with Gasteiger partial charge in [0.15, 0.2) is 0 Å². The zero-order valence-corrected chi connectivity index (χ0v) is 13.4. The minimum absolute atomic E-state index is 0.0649. The van der Waals surface area contributed by atoms with E-state index in [9.17, 15) is 4.39 Å². The maximum absolute atomic E-state index is 13.6. The van der Waals surface area contributed by atoms with Crippen molar-refractivity contribution in [1.82, 2.24) is 4.98 Å². The molecule has 0 atom stereocenters. The third-order valence-electron chi connectivity index (χ3n) is 4.18. The van der Waals surface area contributed by atoms with Crippen molar-refractivity contribution in [2.75, 3.05) is 0 Å². The fourth-order valence-electron chi connectivity index (χ4n) is 2.99. The van der Waals surface area contributed by atoms with E-state index in [1.54, 1.807) is 26.0 Å². The second-order valence-corrected chi connectivity index (χ2v) is 6.04. The molecule has 0 aliphatic carbocycles. The second kappa shape index (κ2) is 5.45. The number of hydrogen-bond donors (Lipinski definition) is 0. The average molecular weight is 323 g/mol. The van der Waals surface area contributed by atoms with Gasteiger partial charge in [-0.3, -0.25) is 4.98 Å². The van der Waals surface area contributed by atoms with E-state index in [2.05, 4.69) is 4.98 Å². The molecule has 2 aromatic heterocycles. The van der Waals surface area contributed by atoms with Gasteiger partial charge in [-0.2, -0.15) is 0 Å². The lowest BCUT2D eigenvalue weighted by atomic mass is 9.97. The van der Waals surface area contributed by atoms with Crippen LogP contribution >= 0.6 is 0 Å². The number of rotatable bonds is 2. The number of nitrogens with zero attached hydrogens (tertiary/aromatic N) is 1. The van der Waals surface area contributed by atoms with Crippen molar-refractivity contribution in [2.24, 2.45) is 0 Å². The molecule has 0 spiro atoms. The second-order valence-electron chi connectivity index (χ2n) is 6.04. The molecule has 0 aliphatic heterocycles. The first-order valence-corrected chi connectivity index (χ1v) is 7.68. The molecule has 2 aromatic carbocycles. The molecule has 0 amide bonds. The number of aromatic nitrogens is 1. The molecule has 24 heavy (non-hydrogen) atoms. The van der Waals surface area contributed by atoms with Gasteiger partial charge in [0.1, 0.15) is 17.0 Å². The average Bonchev–Trinajstić information content (AvgIpc) is 2.97. The minimum Gasteiger partial charge on any atom is -0.455 e. The fraction of sp³-hybridized carbons (Fsp3) is 0.190. The summed E-state index contributed by atoms with van der Waals surface area (Å²) in [6.45, 7) is 0.930. The van der Waals surface area contributed by atoms with E-state index >= 15 is 0 Å². The van der Waals surface area contributed by atoms with Crippen LogP contribution in [0.2, 0.25) is 0 Å². The number of benzene rings is 2. The normalized spacial score (nSPS) is 15.1. The standard InChI is InChI=1S/C21H18FNO/c1-12(2)18-10-19(23-11-13(18)3)17-6-4-5-16-15-8-7-14(22)9-20(15)24-21(16)17/h4-12H,1-3H3/i3D3,12D. The maximum Gasteiger partial charge on any atom is 0.144 e. The van der Waals surface area contributed by atoms with Gasteiger partial charge in [0.05, 0.1) is 5.69 Å². The monoisotopic (exact) mass is 323 g/mol. The van der Waals surface area contributed by atoms with Crippen LogP contribution in [0.1, 0.15) is 36.4 Å². The van der Waals surface area contributed by atoms with E-state index in [1.807, 2.05) is 18.2 Å². The van der Waals surface area contributed by atoms with E-state index in [-0.39, 0.29) is 11.4 Å². The lowest BCUT2D eigenvalue weighted by Crippen LogP contribution is -1.95. The quantitative estimate of drug-likeness (QED) is 0.438. The van der Waals surface area contributed by atoms with Crippen LogP contribution in [0.4, 0.5) is 4.39 Å². The Morgan fingerprint density at radius 2 is 2.04 bits per heavy atom. The summed E-state index contributed by atoms with van der Waals surface area (Å²) >= 11 is 0. The van der Waals surface area contributed by atoms with Crippen molar-refractivity contribution in [3.63, 3.8) is 0 Å². The third kappa shape index (κ3) is 2.28. The Balaban J connectivity index is 1.99. The lowest BCUT2D eigenvalue weighted by Gasteiger charge is -2.11. The molecule has 0 saturated carbocycles. The summed E-state index contributed by atoms with van der Waals surface area (Å²) in [7, 11) is 0. The molecule has 2 nitrogen and oxygen atoms in total. The van der Waals surface area contributed by atoms with Gasteiger partial charge in [-0.25, -0.2) is 4.39 Å². The molecule has 4 rings (SSSR count). The summed E-state index contributed by atoms with van der Waals surface area (Å²) in [6.07, 6.45) is 1.31. The Kier molecular flexibility index (Phi) is 2.49. The Morgan fingerprint density at radius 3 is 2.83 bits per heavy atom. The number of halogens is 1. The summed E-state index contributed by atoms with van der Waals surface area (Å²) in [5, 5.41) is 1.61. The van der Waals surface area contributed by atoms with E-state index in [4.69, 9.17) is 9.90 Å². The summed E-state index contributed by atoms with van der Waals surface area (Å²) in [5.41, 5.74) is 2.60. The highest BCUT2D eigenvalue weighted by molar-refractivity contribution is 6.09. The van der Waals surface area contributed by atoms with Crippen LogP contribution in [0.25, 0.3) is 33.2 Å². The maximum atomic E-state index is 13.6. The minimum atomic E-state index is -2.36. The van der Waals surface area contributed by atoms with Crippen LogP contribution in [0.5, 0.6) is 0 Å². The summed E-state index contributed by atoms with van der Waals surface area (Å²) < 4.78 is 51.1. The Morgan fingerprint density at radius 1 is 1.17 bits per heavy atom. The molecular weight excluding hydrogens is 301 g/mol. The zero-order chi connectivity index (χ0) is 20.3. The Bertz CT molecular complexity index is 1200. The number of pyridine rings is 1. The first kappa shape index (κ1) is 11.0. The smallest absolute Gasteiger partial charge is 0.144 e. The predicted molar refractivity (Wildman–Crippen MR) is 95.7 cm³/mol. The molecule has 0 N–H and O–H groups in total. The van der Waals surface area contributed by atoms with Crippen molar-refractivity contribution >= 4 is 21.9 Å². The first-order valence-electron chi connectivity index (χ1n) is 9.68. The number of furan rings is 1. The molecule has 2 heterocycles. The van der Waals surface area contributed by atoms with Gasteiger partial charge in [-0.15, -0.1) is 0 Å². The topological polar surface area (TPSA) is 26.0 Å². The Hall–Kier alpha value is -2.68. The van der Waals surface area contributed by atoms with E-state index in [0.717, 1.165) is 10.8 Å². The van der Waals surface area contributed by atoms with Gasteiger partial charge < -0.3 is 4.42 Å². The van der Waals surface area contributed by atoms with Crippen molar-refractivity contribution < 1.29 is 14.3 Å². The van der Waals surface area contributed by atoms with Gasteiger partial charge in [-0.05, 0) is 48.1 Å². The van der Waals surface area contributed by atoms with Gasteiger partial charge in [0, 0.05) is 34.1 Å². The van der Waals surface area contributed by atoms with Gasteiger partial charge in [0.2, 0.25) is 0 Å². The zero-order valence-electron chi connectivity index (χ0n) is 17.4. The highest BCUT2D eigenvalue weighted by Gasteiger charge is 2.15. The molecule has 4 aromatic rings. The highest BCUT2D eigenvalue weighted by Crippen LogP contribution is 2.36. The number of fused-ring (bicyclic) bond motifs is 3. The number of hydrogen-bond acceptors (Lipinski definition) is 2. The highest BCUT2D eigenvalue weighted by atomic mass is 19.1. The fourth-order valence-corrected chi connectivity index (χ4v) is 2.99. The van der Waals surface area contributed by atoms with Crippen LogP contribution in [-0.4, -0.2) is 4.98 Å². The predicted octanol–water partition coefficient (Wildman–Crippen LogP) is 6.22. The summed E-state index contributed by atoms with van der Waals surface area (Å²) in [5.74, 6) is -1.50. The molecule has 0 fully saturated rings. The molecule has 3 heteroatoms. The molecule has 0 bridgehead atoms. The van der Waals surface area contributed by atoms with Crippen molar-refractivity contribution in [3.8, 4) is 11.3 Å².